The number of non-ortho nitro benzene ring substituents is 1. The Hall–Kier alpha value is -1.52. The highest BCUT2D eigenvalue weighted by molar-refractivity contribution is 6.39. The minimum Gasteiger partial charge on any atom is -0.464 e. The van der Waals surface area contributed by atoms with Crippen LogP contribution in [0.3, 0.4) is 0 Å². The number of halogens is 2. The van der Waals surface area contributed by atoms with Crippen LogP contribution in [-0.4, -0.2) is 4.92 Å². The van der Waals surface area contributed by atoms with Crippen LogP contribution in [-0.2, 0) is 0 Å². The highest BCUT2D eigenvalue weighted by Crippen LogP contribution is 2.37. The van der Waals surface area contributed by atoms with Crippen molar-refractivity contribution in [1.29, 1.82) is 0 Å². The normalized spacial score (nSPS) is 10.4. The van der Waals surface area contributed by atoms with Gasteiger partial charge in [-0.15, -0.1) is 0 Å². The zero-order valence-corrected chi connectivity index (χ0v) is 9.33. The van der Waals surface area contributed by atoms with E-state index in [0.717, 1.165) is 0 Å². The van der Waals surface area contributed by atoms with Gasteiger partial charge in [-0.05, 0) is 12.1 Å². The summed E-state index contributed by atoms with van der Waals surface area (Å²) in [7, 11) is 0. The van der Waals surface area contributed by atoms with Crippen LogP contribution in [0.1, 0.15) is 0 Å². The van der Waals surface area contributed by atoms with Gasteiger partial charge in [0.2, 0.25) is 0 Å². The molecule has 0 fully saturated rings. The van der Waals surface area contributed by atoms with Crippen molar-refractivity contribution >= 4 is 28.9 Å². The number of nitro groups is 1. The van der Waals surface area contributed by atoms with Gasteiger partial charge in [0.1, 0.15) is 5.76 Å². The first-order valence-electron chi connectivity index (χ1n) is 4.27. The molecule has 0 aliphatic carbocycles. The number of rotatable bonds is 2. The highest BCUT2D eigenvalue weighted by Gasteiger charge is 2.17. The van der Waals surface area contributed by atoms with Crippen molar-refractivity contribution in [1.82, 2.24) is 0 Å². The van der Waals surface area contributed by atoms with Crippen molar-refractivity contribution in [3.63, 3.8) is 0 Å². The van der Waals surface area contributed by atoms with Gasteiger partial charge < -0.3 is 4.42 Å². The molecule has 0 aliphatic heterocycles. The zero-order valence-electron chi connectivity index (χ0n) is 7.81. The van der Waals surface area contributed by atoms with Crippen LogP contribution < -0.4 is 0 Å². The van der Waals surface area contributed by atoms with Gasteiger partial charge in [0.25, 0.3) is 5.69 Å². The van der Waals surface area contributed by atoms with Gasteiger partial charge >= 0.3 is 0 Å². The Morgan fingerprint density at radius 1 is 1.25 bits per heavy atom. The van der Waals surface area contributed by atoms with Crippen LogP contribution in [0.4, 0.5) is 5.69 Å². The molecular formula is C10H5Cl2NO3. The van der Waals surface area contributed by atoms with E-state index in [1.807, 2.05) is 0 Å². The summed E-state index contributed by atoms with van der Waals surface area (Å²) in [6, 6.07) is 5.85. The minimum atomic E-state index is -0.552. The predicted octanol–water partition coefficient (Wildman–Crippen LogP) is 4.16. The van der Waals surface area contributed by atoms with Gasteiger partial charge in [0, 0.05) is 12.1 Å². The number of nitrogens with zero attached hydrogens (tertiary/aromatic N) is 1. The molecule has 0 N–H and O–H groups in total. The van der Waals surface area contributed by atoms with Crippen molar-refractivity contribution in [3.8, 4) is 11.3 Å². The minimum absolute atomic E-state index is 0.148. The van der Waals surface area contributed by atoms with Crippen molar-refractivity contribution in [2.24, 2.45) is 0 Å². The maximum atomic E-state index is 10.6. The molecule has 0 aliphatic rings. The Bertz CT molecular complexity index is 514. The fraction of sp³-hybridized carbons (Fsp3) is 0. The third-order valence-corrected chi connectivity index (χ3v) is 2.60. The van der Waals surface area contributed by atoms with E-state index in [1.165, 1.54) is 18.4 Å². The smallest absolute Gasteiger partial charge is 0.272 e. The Balaban J connectivity index is 2.61. The lowest BCUT2D eigenvalue weighted by atomic mass is 10.1. The Kier molecular flexibility index (Phi) is 2.85. The molecule has 0 atom stereocenters. The molecule has 2 rings (SSSR count). The third kappa shape index (κ3) is 1.89. The van der Waals surface area contributed by atoms with E-state index in [4.69, 9.17) is 27.6 Å². The van der Waals surface area contributed by atoms with Crippen LogP contribution in [0.15, 0.2) is 34.9 Å². The van der Waals surface area contributed by atoms with Crippen LogP contribution in [0.2, 0.25) is 10.0 Å². The van der Waals surface area contributed by atoms with Gasteiger partial charge in [0.05, 0.1) is 26.8 Å². The molecule has 0 spiro atoms. The summed E-state index contributed by atoms with van der Waals surface area (Å²) in [4.78, 5) is 10.0. The fourth-order valence-electron chi connectivity index (χ4n) is 1.32. The number of nitro benzene ring substituents is 1. The summed E-state index contributed by atoms with van der Waals surface area (Å²) in [6.45, 7) is 0. The van der Waals surface area contributed by atoms with E-state index in [2.05, 4.69) is 0 Å². The molecule has 82 valence electrons. The number of benzene rings is 1. The SMILES string of the molecule is O=[N+]([O-])c1cc(Cl)c(-c2ccco2)c(Cl)c1. The molecule has 4 nitrogen and oxygen atoms in total. The largest absolute Gasteiger partial charge is 0.464 e. The third-order valence-electron chi connectivity index (χ3n) is 2.01. The summed E-state index contributed by atoms with van der Waals surface area (Å²) in [6.07, 6.45) is 1.48. The van der Waals surface area contributed by atoms with E-state index in [1.54, 1.807) is 12.1 Å². The first-order chi connectivity index (χ1) is 7.59. The monoisotopic (exact) mass is 257 g/mol. The van der Waals surface area contributed by atoms with Gasteiger partial charge in [-0.1, -0.05) is 23.2 Å². The van der Waals surface area contributed by atoms with E-state index >= 15 is 0 Å². The van der Waals surface area contributed by atoms with Crippen LogP contribution in [0.25, 0.3) is 11.3 Å². The molecule has 2 aromatic rings. The topological polar surface area (TPSA) is 56.3 Å². The lowest BCUT2D eigenvalue weighted by molar-refractivity contribution is -0.384. The predicted molar refractivity (Wildman–Crippen MR) is 60.8 cm³/mol. The van der Waals surface area contributed by atoms with Crippen LogP contribution in [0.5, 0.6) is 0 Å². The molecule has 1 aromatic carbocycles. The van der Waals surface area contributed by atoms with Crippen molar-refractivity contribution in [2.75, 3.05) is 0 Å². The second kappa shape index (κ2) is 4.15. The molecular weight excluding hydrogens is 253 g/mol. The second-order valence-electron chi connectivity index (χ2n) is 3.02. The van der Waals surface area contributed by atoms with E-state index in [-0.39, 0.29) is 15.7 Å². The number of hydrogen-bond donors (Lipinski definition) is 0. The molecule has 0 saturated carbocycles. The Morgan fingerprint density at radius 2 is 1.88 bits per heavy atom. The summed E-state index contributed by atoms with van der Waals surface area (Å²) < 4.78 is 5.14. The maximum absolute atomic E-state index is 10.6. The van der Waals surface area contributed by atoms with Crippen molar-refractivity contribution in [3.05, 3.63) is 50.7 Å². The fourth-order valence-corrected chi connectivity index (χ4v) is 1.98. The van der Waals surface area contributed by atoms with Crippen LogP contribution >= 0.6 is 23.2 Å². The maximum Gasteiger partial charge on any atom is 0.272 e. The van der Waals surface area contributed by atoms with Gasteiger partial charge in [-0.3, -0.25) is 10.1 Å². The standard InChI is InChI=1S/C10H5Cl2NO3/c11-7-4-6(13(14)15)5-8(12)10(7)9-2-1-3-16-9/h1-5H. The van der Waals surface area contributed by atoms with Crippen molar-refractivity contribution < 1.29 is 9.34 Å². The molecule has 1 heterocycles. The number of hydrogen-bond acceptors (Lipinski definition) is 3. The quantitative estimate of drug-likeness (QED) is 0.600. The lowest BCUT2D eigenvalue weighted by Crippen LogP contribution is -1.89. The molecule has 0 saturated heterocycles. The Labute approximate surface area is 101 Å². The Morgan fingerprint density at radius 3 is 2.31 bits per heavy atom. The number of furan rings is 1. The average Bonchev–Trinajstić information content (AvgIpc) is 2.69. The van der Waals surface area contributed by atoms with Gasteiger partial charge in [-0.25, -0.2) is 0 Å². The molecule has 0 unspecified atom stereocenters. The van der Waals surface area contributed by atoms with E-state index in [9.17, 15) is 10.1 Å². The van der Waals surface area contributed by atoms with Gasteiger partial charge in [-0.2, -0.15) is 0 Å². The molecule has 1 aromatic heterocycles. The lowest BCUT2D eigenvalue weighted by Gasteiger charge is -2.03. The summed E-state index contributed by atoms with van der Waals surface area (Å²) in [5.74, 6) is 0.477. The van der Waals surface area contributed by atoms with E-state index in [0.29, 0.717) is 11.3 Å². The first-order valence-corrected chi connectivity index (χ1v) is 5.02. The summed E-state index contributed by atoms with van der Waals surface area (Å²) in [5, 5.41) is 10.9. The summed E-state index contributed by atoms with van der Waals surface area (Å²) in [5.41, 5.74) is 0.309. The molecule has 6 heteroatoms. The molecule has 0 bridgehead atoms. The average molecular weight is 258 g/mol. The highest BCUT2D eigenvalue weighted by atomic mass is 35.5. The zero-order chi connectivity index (χ0) is 11.7. The first kappa shape index (κ1) is 11.0. The van der Waals surface area contributed by atoms with Crippen molar-refractivity contribution in [2.45, 2.75) is 0 Å². The summed E-state index contributed by atoms with van der Waals surface area (Å²) >= 11 is 11.8. The van der Waals surface area contributed by atoms with Crippen LogP contribution in [0, 0.1) is 10.1 Å². The van der Waals surface area contributed by atoms with E-state index < -0.39 is 4.92 Å². The molecule has 16 heavy (non-hydrogen) atoms. The second-order valence-corrected chi connectivity index (χ2v) is 3.83. The van der Waals surface area contributed by atoms with Gasteiger partial charge in [0.15, 0.2) is 0 Å². The molecule has 0 amide bonds. The molecule has 0 radical (unpaired) electrons.